The normalized spacial score (nSPS) is 29.6. The van der Waals surface area contributed by atoms with E-state index in [1.54, 1.807) is 0 Å². The lowest BCUT2D eigenvalue weighted by Crippen LogP contribution is -2.36. The summed E-state index contributed by atoms with van der Waals surface area (Å²) in [5, 5.41) is 7.36. The van der Waals surface area contributed by atoms with E-state index in [2.05, 4.69) is 21.5 Å². The fraction of sp³-hybridized carbons (Fsp3) is 0.714. The maximum absolute atomic E-state index is 11.7. The SMILES string of the molecule is CC(C)C(=O)NC1[C@H]2CN(Cc3cnn(C)c3)C[C@@H]12. The number of amides is 1. The van der Waals surface area contributed by atoms with Gasteiger partial charge < -0.3 is 5.32 Å². The molecule has 1 unspecified atom stereocenters. The summed E-state index contributed by atoms with van der Waals surface area (Å²) in [5.74, 6) is 1.62. The van der Waals surface area contributed by atoms with Crippen molar-refractivity contribution >= 4 is 5.91 Å². The van der Waals surface area contributed by atoms with Crippen molar-refractivity contribution in [1.82, 2.24) is 20.0 Å². The third-order valence-corrected chi connectivity index (χ3v) is 4.27. The molecule has 0 bridgehead atoms. The van der Waals surface area contributed by atoms with Gasteiger partial charge in [-0.3, -0.25) is 14.4 Å². The van der Waals surface area contributed by atoms with Crippen LogP contribution in [0.3, 0.4) is 0 Å². The molecule has 1 aromatic heterocycles. The Morgan fingerprint density at radius 1 is 1.47 bits per heavy atom. The molecular weight excluding hydrogens is 240 g/mol. The standard InChI is InChI=1S/C14H22N4O/c1-9(2)14(19)16-13-11-7-18(8-12(11)13)6-10-4-15-17(3)5-10/h4-5,9,11-13H,6-8H2,1-3H3,(H,16,19)/t11-,12+,13?. The molecular formula is C14H22N4O. The molecule has 0 radical (unpaired) electrons. The van der Waals surface area contributed by atoms with Gasteiger partial charge in [-0.25, -0.2) is 0 Å². The Hall–Kier alpha value is -1.36. The summed E-state index contributed by atoms with van der Waals surface area (Å²) in [5.41, 5.74) is 1.27. The number of rotatable bonds is 4. The van der Waals surface area contributed by atoms with Crippen LogP contribution in [0.5, 0.6) is 0 Å². The van der Waals surface area contributed by atoms with E-state index in [9.17, 15) is 4.79 Å². The summed E-state index contributed by atoms with van der Waals surface area (Å²) in [4.78, 5) is 14.1. The number of nitrogens with zero attached hydrogens (tertiary/aromatic N) is 3. The van der Waals surface area contributed by atoms with E-state index in [1.807, 2.05) is 31.8 Å². The second kappa shape index (κ2) is 4.63. The molecule has 2 heterocycles. The van der Waals surface area contributed by atoms with E-state index in [-0.39, 0.29) is 11.8 Å². The lowest BCUT2D eigenvalue weighted by atomic mass is 10.2. The molecule has 1 amide bonds. The van der Waals surface area contributed by atoms with Crippen LogP contribution in [0.2, 0.25) is 0 Å². The largest absolute Gasteiger partial charge is 0.352 e. The van der Waals surface area contributed by atoms with Crippen molar-refractivity contribution in [3.8, 4) is 0 Å². The maximum Gasteiger partial charge on any atom is 0.222 e. The van der Waals surface area contributed by atoms with Crippen molar-refractivity contribution in [3.63, 3.8) is 0 Å². The molecule has 5 heteroatoms. The van der Waals surface area contributed by atoms with Gasteiger partial charge in [0.25, 0.3) is 0 Å². The molecule has 2 fully saturated rings. The first-order valence-electron chi connectivity index (χ1n) is 7.05. The summed E-state index contributed by atoms with van der Waals surface area (Å²) < 4.78 is 1.85. The number of hydrogen-bond acceptors (Lipinski definition) is 3. The van der Waals surface area contributed by atoms with Crippen LogP contribution in [0.1, 0.15) is 19.4 Å². The van der Waals surface area contributed by atoms with Crippen molar-refractivity contribution in [2.24, 2.45) is 24.8 Å². The van der Waals surface area contributed by atoms with Gasteiger partial charge in [0.15, 0.2) is 0 Å². The minimum Gasteiger partial charge on any atom is -0.352 e. The minimum absolute atomic E-state index is 0.0906. The Labute approximate surface area is 114 Å². The van der Waals surface area contributed by atoms with Gasteiger partial charge in [0, 0.05) is 50.4 Å². The highest BCUT2D eigenvalue weighted by Gasteiger charge is 2.56. The van der Waals surface area contributed by atoms with Crippen LogP contribution in [0.15, 0.2) is 12.4 Å². The van der Waals surface area contributed by atoms with E-state index in [0.717, 1.165) is 19.6 Å². The number of fused-ring (bicyclic) bond motifs is 1. The van der Waals surface area contributed by atoms with Gasteiger partial charge in [0.1, 0.15) is 0 Å². The van der Waals surface area contributed by atoms with Gasteiger partial charge in [0.05, 0.1) is 6.20 Å². The van der Waals surface area contributed by atoms with Gasteiger partial charge in [-0.1, -0.05) is 13.8 Å². The fourth-order valence-electron chi connectivity index (χ4n) is 3.10. The first-order valence-corrected chi connectivity index (χ1v) is 7.05. The van der Waals surface area contributed by atoms with Gasteiger partial charge >= 0.3 is 0 Å². The number of piperidine rings is 1. The molecule has 1 saturated heterocycles. The van der Waals surface area contributed by atoms with Crippen molar-refractivity contribution in [3.05, 3.63) is 18.0 Å². The highest BCUT2D eigenvalue weighted by Crippen LogP contribution is 2.45. The average molecular weight is 262 g/mol. The lowest BCUT2D eigenvalue weighted by Gasteiger charge is -2.19. The lowest BCUT2D eigenvalue weighted by molar-refractivity contribution is -0.124. The fourth-order valence-corrected chi connectivity index (χ4v) is 3.10. The topological polar surface area (TPSA) is 50.2 Å². The molecule has 1 aliphatic heterocycles. The van der Waals surface area contributed by atoms with Crippen LogP contribution in [0, 0.1) is 17.8 Å². The van der Waals surface area contributed by atoms with Crippen LogP contribution in [0.4, 0.5) is 0 Å². The molecule has 1 aliphatic carbocycles. The summed E-state index contributed by atoms with van der Waals surface area (Å²) in [6.45, 7) is 7.07. The van der Waals surface area contributed by atoms with Gasteiger partial charge in [-0.05, 0) is 11.8 Å². The Balaban J connectivity index is 1.47. The number of aromatic nitrogens is 2. The quantitative estimate of drug-likeness (QED) is 0.865. The third-order valence-electron chi connectivity index (χ3n) is 4.27. The Morgan fingerprint density at radius 2 is 2.16 bits per heavy atom. The molecule has 0 aromatic carbocycles. The van der Waals surface area contributed by atoms with Crippen LogP contribution in [-0.4, -0.2) is 39.7 Å². The van der Waals surface area contributed by atoms with Gasteiger partial charge in [-0.15, -0.1) is 0 Å². The highest BCUT2D eigenvalue weighted by atomic mass is 16.2. The maximum atomic E-state index is 11.7. The Kier molecular flexibility index (Phi) is 3.09. The number of likely N-dealkylation sites (tertiary alicyclic amines) is 1. The molecule has 2 aliphatic rings. The number of carbonyl (C=O) groups excluding carboxylic acids is 1. The average Bonchev–Trinajstić information content (AvgIpc) is 2.74. The summed E-state index contributed by atoms with van der Waals surface area (Å²) >= 11 is 0. The van der Waals surface area contributed by atoms with Crippen molar-refractivity contribution in [2.75, 3.05) is 13.1 Å². The number of hydrogen-bond donors (Lipinski definition) is 1. The first-order chi connectivity index (χ1) is 9.04. The van der Waals surface area contributed by atoms with Crippen LogP contribution >= 0.6 is 0 Å². The van der Waals surface area contributed by atoms with Crippen LogP contribution in [0.25, 0.3) is 0 Å². The molecule has 5 nitrogen and oxygen atoms in total. The van der Waals surface area contributed by atoms with E-state index >= 15 is 0 Å². The Bertz CT molecular complexity index is 470. The molecule has 1 aromatic rings. The molecule has 19 heavy (non-hydrogen) atoms. The van der Waals surface area contributed by atoms with Crippen LogP contribution < -0.4 is 5.32 Å². The highest BCUT2D eigenvalue weighted by molar-refractivity contribution is 5.78. The number of nitrogens with one attached hydrogen (secondary N) is 1. The van der Waals surface area contributed by atoms with E-state index in [0.29, 0.717) is 17.9 Å². The summed E-state index contributed by atoms with van der Waals surface area (Å²) in [7, 11) is 1.95. The smallest absolute Gasteiger partial charge is 0.222 e. The molecule has 3 atom stereocenters. The van der Waals surface area contributed by atoms with Gasteiger partial charge in [0.2, 0.25) is 5.91 Å². The zero-order valence-corrected chi connectivity index (χ0v) is 11.8. The monoisotopic (exact) mass is 262 g/mol. The molecule has 104 valence electrons. The predicted molar refractivity (Wildman–Crippen MR) is 72.2 cm³/mol. The second-order valence-electron chi connectivity index (χ2n) is 6.23. The minimum atomic E-state index is 0.0906. The summed E-state index contributed by atoms with van der Waals surface area (Å²) in [6, 6.07) is 0.431. The summed E-state index contributed by atoms with van der Waals surface area (Å²) in [6.07, 6.45) is 4.00. The van der Waals surface area contributed by atoms with E-state index in [4.69, 9.17) is 0 Å². The third kappa shape index (κ3) is 2.52. The van der Waals surface area contributed by atoms with Crippen LogP contribution in [-0.2, 0) is 18.4 Å². The predicted octanol–water partition coefficient (Wildman–Crippen LogP) is 0.622. The number of carbonyl (C=O) groups is 1. The second-order valence-corrected chi connectivity index (χ2v) is 6.23. The molecule has 1 N–H and O–H groups in total. The Morgan fingerprint density at radius 3 is 2.68 bits per heavy atom. The molecule has 0 spiro atoms. The number of aryl methyl sites for hydroxylation is 1. The van der Waals surface area contributed by atoms with E-state index < -0.39 is 0 Å². The zero-order chi connectivity index (χ0) is 13.6. The zero-order valence-electron chi connectivity index (χ0n) is 11.8. The van der Waals surface area contributed by atoms with E-state index in [1.165, 1.54) is 5.56 Å². The van der Waals surface area contributed by atoms with Gasteiger partial charge in [-0.2, -0.15) is 5.10 Å². The molecule has 1 saturated carbocycles. The van der Waals surface area contributed by atoms with Crippen molar-refractivity contribution < 1.29 is 4.79 Å². The van der Waals surface area contributed by atoms with Crippen molar-refractivity contribution in [1.29, 1.82) is 0 Å². The first kappa shape index (κ1) is 12.7. The van der Waals surface area contributed by atoms with Crippen molar-refractivity contribution in [2.45, 2.75) is 26.4 Å². The molecule has 3 rings (SSSR count).